The van der Waals surface area contributed by atoms with Crippen molar-refractivity contribution >= 4 is 5.69 Å². The van der Waals surface area contributed by atoms with E-state index in [4.69, 9.17) is 0 Å². The Hall–Kier alpha value is -1.59. The molecule has 0 aromatic heterocycles. The van der Waals surface area contributed by atoms with E-state index >= 15 is 0 Å². The average Bonchev–Trinajstić information content (AvgIpc) is 2.15. The van der Waals surface area contributed by atoms with E-state index in [1.54, 1.807) is 0 Å². The molecule has 1 aromatic carbocycles. The zero-order chi connectivity index (χ0) is 12.5. The largest absolute Gasteiger partial charge is 0.416 e. The van der Waals surface area contributed by atoms with E-state index in [0.717, 1.165) is 12.1 Å². The molecular formula is C10H9F3NO2. The lowest BCUT2D eigenvalue weighted by Crippen LogP contribution is -2.07. The summed E-state index contributed by atoms with van der Waals surface area (Å²) in [4.78, 5) is 9.87. The first kappa shape index (κ1) is 12.5. The molecule has 1 rings (SSSR count). The van der Waals surface area contributed by atoms with E-state index in [1.807, 2.05) is 0 Å². The summed E-state index contributed by atoms with van der Waals surface area (Å²) in [5.74, 6) is -0.581. The first-order chi connectivity index (χ1) is 7.23. The fourth-order valence-corrected chi connectivity index (χ4v) is 1.29. The van der Waals surface area contributed by atoms with Crippen LogP contribution in [0.3, 0.4) is 0 Å². The first-order valence-corrected chi connectivity index (χ1v) is 4.42. The molecule has 3 nitrogen and oxygen atoms in total. The predicted molar refractivity (Wildman–Crippen MR) is 51.9 cm³/mol. The number of rotatable bonds is 2. The number of nitro benzene ring substituents is 1. The topological polar surface area (TPSA) is 43.1 Å². The summed E-state index contributed by atoms with van der Waals surface area (Å²) in [5.41, 5.74) is -1.25. The fraction of sp³-hybridized carbons (Fsp3) is 0.300. The fourth-order valence-electron chi connectivity index (χ4n) is 1.29. The van der Waals surface area contributed by atoms with Gasteiger partial charge in [-0.15, -0.1) is 0 Å². The number of nitro groups is 1. The molecule has 0 N–H and O–H groups in total. The smallest absolute Gasteiger partial charge is 0.258 e. The molecule has 0 aliphatic heterocycles. The molecule has 0 saturated heterocycles. The van der Waals surface area contributed by atoms with Gasteiger partial charge in [-0.1, -0.05) is 6.92 Å². The van der Waals surface area contributed by atoms with Crippen LogP contribution >= 0.6 is 0 Å². The number of halogens is 3. The molecule has 87 valence electrons. The Morgan fingerprint density at radius 1 is 1.44 bits per heavy atom. The summed E-state index contributed by atoms with van der Waals surface area (Å²) in [5, 5.41) is 10.6. The van der Waals surface area contributed by atoms with Gasteiger partial charge in [-0.2, -0.15) is 13.2 Å². The number of alkyl halides is 3. The molecule has 0 saturated carbocycles. The third-order valence-corrected chi connectivity index (χ3v) is 2.08. The van der Waals surface area contributed by atoms with E-state index in [-0.39, 0.29) is 11.3 Å². The predicted octanol–water partition coefficient (Wildman–Crippen LogP) is 3.55. The minimum atomic E-state index is -4.50. The van der Waals surface area contributed by atoms with Crippen LogP contribution in [0.2, 0.25) is 0 Å². The van der Waals surface area contributed by atoms with Crippen LogP contribution in [0.1, 0.15) is 24.0 Å². The van der Waals surface area contributed by atoms with Gasteiger partial charge in [-0.3, -0.25) is 10.1 Å². The highest BCUT2D eigenvalue weighted by Crippen LogP contribution is 2.34. The van der Waals surface area contributed by atoms with Gasteiger partial charge < -0.3 is 0 Å². The molecule has 0 bridgehead atoms. The van der Waals surface area contributed by atoms with Gasteiger partial charge >= 0.3 is 6.18 Å². The minimum Gasteiger partial charge on any atom is -0.258 e. The molecule has 0 spiro atoms. The third kappa shape index (κ3) is 2.50. The van der Waals surface area contributed by atoms with Gasteiger partial charge in [0.05, 0.1) is 10.5 Å². The zero-order valence-electron chi connectivity index (χ0n) is 8.41. The van der Waals surface area contributed by atoms with Crippen LogP contribution in [-0.4, -0.2) is 4.92 Å². The molecule has 6 heteroatoms. The van der Waals surface area contributed by atoms with Crippen molar-refractivity contribution in [3.63, 3.8) is 0 Å². The van der Waals surface area contributed by atoms with Crippen molar-refractivity contribution in [1.29, 1.82) is 0 Å². The van der Waals surface area contributed by atoms with Crippen LogP contribution in [0.15, 0.2) is 18.2 Å². The molecule has 0 amide bonds. The molecule has 0 heterocycles. The van der Waals surface area contributed by atoms with Crippen LogP contribution in [0.25, 0.3) is 0 Å². The summed E-state index contributed by atoms with van der Waals surface area (Å²) in [6.45, 7) is 5.01. The maximum Gasteiger partial charge on any atom is 0.416 e. The van der Waals surface area contributed by atoms with Crippen LogP contribution in [-0.2, 0) is 6.18 Å². The normalized spacial score (nSPS) is 11.9. The van der Waals surface area contributed by atoms with Crippen LogP contribution in [0.4, 0.5) is 18.9 Å². The molecule has 0 aliphatic rings. The summed E-state index contributed by atoms with van der Waals surface area (Å²) in [6.07, 6.45) is -4.50. The Labute approximate surface area is 90.0 Å². The minimum absolute atomic E-state index is 0.0141. The van der Waals surface area contributed by atoms with E-state index < -0.39 is 22.6 Å². The maximum absolute atomic E-state index is 12.4. The van der Waals surface area contributed by atoms with Crippen molar-refractivity contribution in [2.75, 3.05) is 0 Å². The lowest BCUT2D eigenvalue weighted by atomic mass is 9.98. The molecule has 1 aromatic rings. The van der Waals surface area contributed by atoms with Gasteiger partial charge in [0.25, 0.3) is 5.69 Å². The highest BCUT2D eigenvalue weighted by atomic mass is 19.4. The van der Waals surface area contributed by atoms with Gasteiger partial charge in [0.1, 0.15) is 0 Å². The van der Waals surface area contributed by atoms with Crippen molar-refractivity contribution in [3.8, 4) is 0 Å². The van der Waals surface area contributed by atoms with Crippen LogP contribution < -0.4 is 0 Å². The van der Waals surface area contributed by atoms with Crippen molar-refractivity contribution < 1.29 is 18.1 Å². The van der Waals surface area contributed by atoms with Gasteiger partial charge in [0, 0.05) is 11.6 Å². The number of benzene rings is 1. The lowest BCUT2D eigenvalue weighted by Gasteiger charge is -2.11. The van der Waals surface area contributed by atoms with Crippen LogP contribution in [0, 0.1) is 17.0 Å². The van der Waals surface area contributed by atoms with Crippen molar-refractivity contribution in [2.24, 2.45) is 0 Å². The average molecular weight is 232 g/mol. The Kier molecular flexibility index (Phi) is 3.21. The van der Waals surface area contributed by atoms with Crippen molar-refractivity contribution in [1.82, 2.24) is 0 Å². The van der Waals surface area contributed by atoms with E-state index in [1.165, 1.54) is 6.92 Å². The zero-order valence-corrected chi connectivity index (χ0v) is 8.41. The van der Waals surface area contributed by atoms with E-state index in [0.29, 0.717) is 6.07 Å². The Morgan fingerprint density at radius 2 is 2.00 bits per heavy atom. The van der Waals surface area contributed by atoms with Crippen LogP contribution in [0.5, 0.6) is 0 Å². The second-order valence-electron chi connectivity index (χ2n) is 3.43. The van der Waals surface area contributed by atoms with Gasteiger partial charge in [0.2, 0.25) is 0 Å². The van der Waals surface area contributed by atoms with Gasteiger partial charge in [-0.25, -0.2) is 0 Å². The summed E-state index contributed by atoms with van der Waals surface area (Å²) >= 11 is 0. The standard InChI is InChI=1S/C10H9F3NO2/c1-6(2)8-5-7(10(11,12)13)3-4-9(8)14(15)16/h3-6H,1H2,2H3. The SMILES string of the molecule is [CH2]C(C)c1cc(C(F)(F)F)ccc1[N+](=O)[O-]. The van der Waals surface area contributed by atoms with Crippen molar-refractivity contribution in [2.45, 2.75) is 19.0 Å². The van der Waals surface area contributed by atoms with Crippen molar-refractivity contribution in [3.05, 3.63) is 46.4 Å². The monoisotopic (exact) mass is 232 g/mol. The Morgan fingerprint density at radius 3 is 2.38 bits per heavy atom. The molecular weight excluding hydrogens is 223 g/mol. The van der Waals surface area contributed by atoms with Gasteiger partial charge in [-0.05, 0) is 25.0 Å². The van der Waals surface area contributed by atoms with E-state index in [2.05, 4.69) is 6.92 Å². The second-order valence-corrected chi connectivity index (χ2v) is 3.43. The molecule has 1 unspecified atom stereocenters. The number of hydrogen-bond donors (Lipinski definition) is 0. The molecule has 1 atom stereocenters. The maximum atomic E-state index is 12.4. The number of nitrogens with zero attached hydrogens (tertiary/aromatic N) is 1. The second kappa shape index (κ2) is 4.11. The third-order valence-electron chi connectivity index (χ3n) is 2.08. The lowest BCUT2D eigenvalue weighted by molar-refractivity contribution is -0.385. The molecule has 1 radical (unpaired) electrons. The molecule has 0 aliphatic carbocycles. The first-order valence-electron chi connectivity index (χ1n) is 4.42. The quantitative estimate of drug-likeness (QED) is 0.578. The summed E-state index contributed by atoms with van der Waals surface area (Å²) in [7, 11) is 0. The highest BCUT2D eigenvalue weighted by molar-refractivity contribution is 5.45. The summed E-state index contributed by atoms with van der Waals surface area (Å²) < 4.78 is 37.1. The summed E-state index contributed by atoms with van der Waals surface area (Å²) in [6, 6.07) is 2.33. The Balaban J connectivity index is 3.34. The van der Waals surface area contributed by atoms with Gasteiger partial charge in [0.15, 0.2) is 0 Å². The Bertz CT molecular complexity index is 413. The molecule has 0 fully saturated rings. The number of hydrogen-bond acceptors (Lipinski definition) is 2. The van der Waals surface area contributed by atoms with E-state index in [9.17, 15) is 23.3 Å². The molecule has 16 heavy (non-hydrogen) atoms. The highest BCUT2D eigenvalue weighted by Gasteiger charge is 2.32.